The molecule has 1 unspecified atom stereocenters. The van der Waals surface area contributed by atoms with Crippen molar-refractivity contribution in [2.75, 3.05) is 0 Å². The molecule has 1 rings (SSSR count). The number of aryl methyl sites for hydroxylation is 1. The summed E-state index contributed by atoms with van der Waals surface area (Å²) < 4.78 is 6.84. The highest BCUT2D eigenvalue weighted by Crippen LogP contribution is 2.13. The van der Waals surface area contributed by atoms with Gasteiger partial charge in [0.1, 0.15) is 5.60 Å². The van der Waals surface area contributed by atoms with Crippen LogP contribution in [0.1, 0.15) is 50.3 Å². The Labute approximate surface area is 107 Å². The Kier molecular flexibility index (Phi) is 4.45. The number of ether oxygens (including phenoxy) is 1. The van der Waals surface area contributed by atoms with E-state index in [2.05, 4.69) is 10.3 Å². The highest BCUT2D eigenvalue weighted by Gasteiger charge is 2.23. The molecule has 0 bridgehead atoms. The second kappa shape index (κ2) is 5.48. The van der Waals surface area contributed by atoms with Crippen molar-refractivity contribution in [2.24, 2.45) is 0 Å². The molecule has 0 fully saturated rings. The van der Waals surface area contributed by atoms with E-state index in [1.807, 2.05) is 0 Å². The van der Waals surface area contributed by atoms with Gasteiger partial charge in [-0.05, 0) is 41.0 Å². The van der Waals surface area contributed by atoms with Crippen LogP contribution in [0.3, 0.4) is 0 Å². The van der Waals surface area contributed by atoms with Crippen molar-refractivity contribution in [1.82, 2.24) is 15.0 Å². The van der Waals surface area contributed by atoms with Crippen LogP contribution >= 0.6 is 0 Å². The van der Waals surface area contributed by atoms with Gasteiger partial charge < -0.3 is 9.84 Å². The van der Waals surface area contributed by atoms with Gasteiger partial charge in [0, 0.05) is 6.54 Å². The summed E-state index contributed by atoms with van der Waals surface area (Å²) in [5.74, 6) is -0.469. The maximum atomic E-state index is 11.8. The molecule has 0 aliphatic heterocycles. The van der Waals surface area contributed by atoms with E-state index < -0.39 is 17.7 Å². The molecule has 1 N–H and O–H groups in total. The third-order valence-corrected chi connectivity index (χ3v) is 2.33. The number of aromatic nitrogens is 3. The number of nitrogens with zero attached hydrogens (tertiary/aromatic N) is 3. The Balaban J connectivity index is 2.77. The Hall–Kier alpha value is -1.43. The molecule has 1 aromatic rings. The van der Waals surface area contributed by atoms with E-state index in [4.69, 9.17) is 4.74 Å². The second-order valence-corrected chi connectivity index (χ2v) is 5.39. The monoisotopic (exact) mass is 255 g/mol. The lowest BCUT2D eigenvalue weighted by molar-refractivity contribution is 0.00619. The highest BCUT2D eigenvalue weighted by atomic mass is 16.6. The van der Waals surface area contributed by atoms with Crippen molar-refractivity contribution in [1.29, 1.82) is 0 Å². The molecule has 0 radical (unpaired) electrons. The molecule has 0 aromatic carbocycles. The first-order valence-electron chi connectivity index (χ1n) is 6.02. The predicted molar refractivity (Wildman–Crippen MR) is 66.2 cm³/mol. The summed E-state index contributed by atoms with van der Waals surface area (Å²) in [6, 6.07) is 0. The van der Waals surface area contributed by atoms with E-state index in [-0.39, 0.29) is 5.69 Å². The zero-order valence-corrected chi connectivity index (χ0v) is 11.6. The molecule has 0 saturated heterocycles. The van der Waals surface area contributed by atoms with Gasteiger partial charge in [-0.2, -0.15) is 0 Å². The quantitative estimate of drug-likeness (QED) is 0.821. The number of esters is 1. The normalized spacial score (nSPS) is 13.4. The molecule has 1 heterocycles. The summed E-state index contributed by atoms with van der Waals surface area (Å²) in [6.45, 7) is 9.41. The fraction of sp³-hybridized carbons (Fsp3) is 0.750. The minimum absolute atomic E-state index is 0.232. The lowest BCUT2D eigenvalue weighted by atomic mass is 10.2. The van der Waals surface area contributed by atoms with Gasteiger partial charge in [-0.25, -0.2) is 9.48 Å². The minimum atomic E-state index is -0.549. The molecule has 0 spiro atoms. The molecular weight excluding hydrogens is 234 g/mol. The Bertz CT molecular complexity index is 419. The maximum absolute atomic E-state index is 11.8. The van der Waals surface area contributed by atoms with Gasteiger partial charge in [-0.15, -0.1) is 5.10 Å². The number of carbonyl (C=O) groups is 1. The van der Waals surface area contributed by atoms with Crippen LogP contribution < -0.4 is 0 Å². The Morgan fingerprint density at radius 2 is 2.11 bits per heavy atom. The molecular formula is C12H21N3O3. The van der Waals surface area contributed by atoms with Crippen LogP contribution in [0.15, 0.2) is 0 Å². The smallest absolute Gasteiger partial charge is 0.361 e. The molecule has 0 saturated carbocycles. The van der Waals surface area contributed by atoms with E-state index in [9.17, 15) is 9.90 Å². The number of hydrogen-bond donors (Lipinski definition) is 1. The van der Waals surface area contributed by atoms with Gasteiger partial charge in [0.2, 0.25) is 0 Å². The van der Waals surface area contributed by atoms with Crippen LogP contribution in [0.5, 0.6) is 0 Å². The predicted octanol–water partition coefficient (Wildman–Crippen LogP) is 1.31. The summed E-state index contributed by atoms with van der Waals surface area (Å²) >= 11 is 0. The number of carbonyl (C=O) groups excluding carboxylic acids is 1. The fourth-order valence-electron chi connectivity index (χ4n) is 1.40. The molecule has 1 aromatic heterocycles. The molecule has 0 aliphatic rings. The Morgan fingerprint density at radius 1 is 1.50 bits per heavy atom. The van der Waals surface area contributed by atoms with E-state index in [1.54, 1.807) is 39.3 Å². The van der Waals surface area contributed by atoms with Crippen molar-refractivity contribution in [3.63, 3.8) is 0 Å². The first-order valence-corrected chi connectivity index (χ1v) is 6.02. The van der Waals surface area contributed by atoms with Crippen LogP contribution in [0, 0.1) is 6.92 Å². The van der Waals surface area contributed by atoms with Crippen molar-refractivity contribution >= 4 is 5.97 Å². The van der Waals surface area contributed by atoms with Gasteiger partial charge in [-0.3, -0.25) is 0 Å². The average Bonchev–Trinajstić information content (AvgIpc) is 2.54. The highest BCUT2D eigenvalue weighted by molar-refractivity contribution is 5.88. The van der Waals surface area contributed by atoms with Crippen LogP contribution in [0.4, 0.5) is 0 Å². The topological polar surface area (TPSA) is 77.2 Å². The van der Waals surface area contributed by atoms with Gasteiger partial charge in [0.25, 0.3) is 0 Å². The van der Waals surface area contributed by atoms with Crippen molar-refractivity contribution in [2.45, 2.75) is 59.3 Å². The van der Waals surface area contributed by atoms with Gasteiger partial charge >= 0.3 is 5.97 Å². The summed E-state index contributed by atoms with van der Waals surface area (Å²) in [6.07, 6.45) is 0.163. The maximum Gasteiger partial charge on any atom is 0.361 e. The lowest BCUT2D eigenvalue weighted by Gasteiger charge is -2.18. The first kappa shape index (κ1) is 14.6. The van der Waals surface area contributed by atoms with E-state index in [0.29, 0.717) is 18.7 Å². The van der Waals surface area contributed by atoms with E-state index >= 15 is 0 Å². The van der Waals surface area contributed by atoms with Crippen LogP contribution in [0.25, 0.3) is 0 Å². The van der Waals surface area contributed by atoms with Gasteiger partial charge in [0.05, 0.1) is 11.8 Å². The van der Waals surface area contributed by atoms with Crippen molar-refractivity contribution in [3.8, 4) is 0 Å². The molecule has 6 heteroatoms. The SMILES string of the molecule is Cc1c(C(=O)OC(C)(C)C)nnn1CCC(C)O. The third-order valence-electron chi connectivity index (χ3n) is 2.33. The van der Waals surface area contributed by atoms with Crippen LogP contribution in [0.2, 0.25) is 0 Å². The zero-order valence-electron chi connectivity index (χ0n) is 11.6. The van der Waals surface area contributed by atoms with Crippen LogP contribution in [-0.4, -0.2) is 37.8 Å². The number of aliphatic hydroxyl groups excluding tert-OH is 1. The summed E-state index contributed by atoms with van der Waals surface area (Å²) in [5.41, 5.74) is 0.341. The lowest BCUT2D eigenvalue weighted by Crippen LogP contribution is -2.24. The summed E-state index contributed by atoms with van der Waals surface area (Å²) in [4.78, 5) is 11.8. The van der Waals surface area contributed by atoms with Crippen molar-refractivity contribution < 1.29 is 14.6 Å². The number of aliphatic hydroxyl groups is 1. The van der Waals surface area contributed by atoms with Crippen molar-refractivity contribution in [3.05, 3.63) is 11.4 Å². The standard InChI is InChI=1S/C12H21N3O3/c1-8(16)6-7-15-9(2)10(13-14-15)11(17)18-12(3,4)5/h8,16H,6-7H2,1-5H3. The molecule has 0 amide bonds. The summed E-state index contributed by atoms with van der Waals surface area (Å²) in [5, 5.41) is 16.9. The zero-order chi connectivity index (χ0) is 13.9. The largest absolute Gasteiger partial charge is 0.455 e. The molecule has 102 valence electrons. The first-order chi connectivity index (χ1) is 8.20. The van der Waals surface area contributed by atoms with E-state index in [1.165, 1.54) is 0 Å². The third kappa shape index (κ3) is 4.10. The average molecular weight is 255 g/mol. The Morgan fingerprint density at radius 3 is 2.61 bits per heavy atom. The second-order valence-electron chi connectivity index (χ2n) is 5.39. The molecule has 1 atom stereocenters. The molecule has 6 nitrogen and oxygen atoms in total. The van der Waals surface area contributed by atoms with Crippen LogP contribution in [-0.2, 0) is 11.3 Å². The summed E-state index contributed by atoms with van der Waals surface area (Å²) in [7, 11) is 0. The van der Waals surface area contributed by atoms with Gasteiger partial charge in [-0.1, -0.05) is 5.21 Å². The van der Waals surface area contributed by atoms with E-state index in [0.717, 1.165) is 0 Å². The molecule has 18 heavy (non-hydrogen) atoms. The minimum Gasteiger partial charge on any atom is -0.455 e. The number of rotatable bonds is 4. The fourth-order valence-corrected chi connectivity index (χ4v) is 1.40. The van der Waals surface area contributed by atoms with Gasteiger partial charge in [0.15, 0.2) is 5.69 Å². The molecule has 0 aliphatic carbocycles. The number of hydrogen-bond acceptors (Lipinski definition) is 5.